The SMILES string of the molecule is C=CCCC(C)CCN=[N+]=[N-]. The van der Waals surface area contributed by atoms with Crippen LogP contribution in [0.3, 0.4) is 0 Å². The zero-order valence-corrected chi connectivity index (χ0v) is 7.03. The highest BCUT2D eigenvalue weighted by molar-refractivity contribution is 4.68. The molecule has 0 aromatic heterocycles. The fourth-order valence-corrected chi connectivity index (χ4v) is 0.870. The Morgan fingerprint density at radius 3 is 2.91 bits per heavy atom. The van der Waals surface area contributed by atoms with Crippen LogP contribution in [0.1, 0.15) is 26.2 Å². The molecule has 0 aliphatic heterocycles. The minimum absolute atomic E-state index is 0.620. The van der Waals surface area contributed by atoms with E-state index in [4.69, 9.17) is 5.53 Å². The van der Waals surface area contributed by atoms with Crippen molar-refractivity contribution in [2.24, 2.45) is 11.0 Å². The summed E-state index contributed by atoms with van der Waals surface area (Å²) < 4.78 is 0. The molecule has 3 nitrogen and oxygen atoms in total. The van der Waals surface area contributed by atoms with Crippen molar-refractivity contribution in [1.82, 2.24) is 0 Å². The van der Waals surface area contributed by atoms with Gasteiger partial charge in [-0.15, -0.1) is 6.58 Å². The molecule has 0 aliphatic rings. The number of hydrogen-bond donors (Lipinski definition) is 0. The van der Waals surface area contributed by atoms with E-state index in [1.54, 1.807) is 0 Å². The highest BCUT2D eigenvalue weighted by Gasteiger charge is 1.98. The van der Waals surface area contributed by atoms with Gasteiger partial charge in [-0.05, 0) is 30.7 Å². The van der Waals surface area contributed by atoms with Crippen LogP contribution in [-0.4, -0.2) is 6.54 Å². The van der Waals surface area contributed by atoms with Gasteiger partial charge in [0.1, 0.15) is 0 Å². The van der Waals surface area contributed by atoms with Crippen LogP contribution in [0.4, 0.5) is 0 Å². The van der Waals surface area contributed by atoms with Crippen LogP contribution in [-0.2, 0) is 0 Å². The minimum Gasteiger partial charge on any atom is -0.103 e. The molecular formula is C8H15N3. The first-order chi connectivity index (χ1) is 5.31. The molecule has 0 aliphatic carbocycles. The molecule has 0 aromatic carbocycles. The Morgan fingerprint density at radius 2 is 2.36 bits per heavy atom. The highest BCUT2D eigenvalue weighted by Crippen LogP contribution is 2.09. The van der Waals surface area contributed by atoms with Crippen LogP contribution in [0.25, 0.3) is 10.4 Å². The Morgan fingerprint density at radius 1 is 1.64 bits per heavy atom. The average molecular weight is 153 g/mol. The largest absolute Gasteiger partial charge is 0.103 e. The molecule has 1 unspecified atom stereocenters. The molecule has 0 heterocycles. The van der Waals surface area contributed by atoms with Crippen molar-refractivity contribution in [1.29, 1.82) is 0 Å². The first kappa shape index (κ1) is 10.0. The van der Waals surface area contributed by atoms with Gasteiger partial charge in [-0.3, -0.25) is 0 Å². The number of azide groups is 1. The van der Waals surface area contributed by atoms with Crippen LogP contribution in [0.15, 0.2) is 17.8 Å². The number of nitrogens with zero attached hydrogens (tertiary/aromatic N) is 3. The molecule has 0 rings (SSSR count). The summed E-state index contributed by atoms with van der Waals surface area (Å²) >= 11 is 0. The van der Waals surface area contributed by atoms with Crippen molar-refractivity contribution in [3.63, 3.8) is 0 Å². The molecule has 0 saturated carbocycles. The monoisotopic (exact) mass is 153 g/mol. The minimum atomic E-state index is 0.620. The van der Waals surface area contributed by atoms with Crippen LogP contribution in [0.2, 0.25) is 0 Å². The Hall–Kier alpha value is -0.950. The van der Waals surface area contributed by atoms with E-state index in [0.29, 0.717) is 12.5 Å². The third kappa shape index (κ3) is 6.94. The number of rotatable bonds is 6. The lowest BCUT2D eigenvalue weighted by molar-refractivity contribution is 0.504. The maximum Gasteiger partial charge on any atom is 0.0260 e. The third-order valence-electron chi connectivity index (χ3n) is 1.65. The van der Waals surface area contributed by atoms with Gasteiger partial charge in [0.2, 0.25) is 0 Å². The molecule has 0 amide bonds. The third-order valence-corrected chi connectivity index (χ3v) is 1.65. The second kappa shape index (κ2) is 7.16. The van der Waals surface area contributed by atoms with Gasteiger partial charge in [0.05, 0.1) is 0 Å². The van der Waals surface area contributed by atoms with Gasteiger partial charge in [0, 0.05) is 11.5 Å². The van der Waals surface area contributed by atoms with Crippen LogP contribution in [0.5, 0.6) is 0 Å². The van der Waals surface area contributed by atoms with Gasteiger partial charge in [-0.25, -0.2) is 0 Å². The van der Waals surface area contributed by atoms with E-state index in [2.05, 4.69) is 23.5 Å². The van der Waals surface area contributed by atoms with Gasteiger partial charge in [-0.2, -0.15) is 0 Å². The molecule has 0 fully saturated rings. The van der Waals surface area contributed by atoms with Gasteiger partial charge in [0.15, 0.2) is 0 Å². The van der Waals surface area contributed by atoms with Gasteiger partial charge in [0.25, 0.3) is 0 Å². The molecule has 0 N–H and O–H groups in total. The van der Waals surface area contributed by atoms with Gasteiger partial charge >= 0.3 is 0 Å². The molecule has 0 aromatic rings. The quantitative estimate of drug-likeness (QED) is 0.243. The molecule has 62 valence electrons. The van der Waals surface area contributed by atoms with E-state index in [1.807, 2.05) is 6.08 Å². The second-order valence-electron chi connectivity index (χ2n) is 2.71. The molecule has 0 radical (unpaired) electrons. The predicted molar refractivity (Wildman–Crippen MR) is 47.2 cm³/mol. The lowest BCUT2D eigenvalue weighted by Crippen LogP contribution is -1.95. The topological polar surface area (TPSA) is 48.8 Å². The van der Waals surface area contributed by atoms with Crippen molar-refractivity contribution >= 4 is 0 Å². The Labute approximate surface area is 67.7 Å². The van der Waals surface area contributed by atoms with Gasteiger partial charge in [-0.1, -0.05) is 18.1 Å². The first-order valence-electron chi connectivity index (χ1n) is 3.93. The molecule has 1 atom stereocenters. The molecule has 0 spiro atoms. The van der Waals surface area contributed by atoms with E-state index in [9.17, 15) is 0 Å². The van der Waals surface area contributed by atoms with Crippen molar-refractivity contribution in [3.8, 4) is 0 Å². The van der Waals surface area contributed by atoms with Crippen molar-refractivity contribution < 1.29 is 0 Å². The lowest BCUT2D eigenvalue weighted by Gasteiger charge is -2.05. The lowest BCUT2D eigenvalue weighted by atomic mass is 10.0. The molecule has 0 saturated heterocycles. The fourth-order valence-electron chi connectivity index (χ4n) is 0.870. The maximum absolute atomic E-state index is 8.00. The van der Waals surface area contributed by atoms with E-state index in [1.165, 1.54) is 0 Å². The summed E-state index contributed by atoms with van der Waals surface area (Å²) in [5, 5.41) is 3.47. The fraction of sp³-hybridized carbons (Fsp3) is 0.750. The zero-order chi connectivity index (χ0) is 8.53. The Kier molecular flexibility index (Phi) is 6.54. The van der Waals surface area contributed by atoms with Crippen molar-refractivity contribution in [2.75, 3.05) is 6.54 Å². The first-order valence-corrected chi connectivity index (χ1v) is 3.93. The summed E-state index contributed by atoms with van der Waals surface area (Å²) in [5.74, 6) is 0.637. The number of allylic oxidation sites excluding steroid dienone is 1. The van der Waals surface area contributed by atoms with E-state index in [0.717, 1.165) is 19.3 Å². The van der Waals surface area contributed by atoms with E-state index >= 15 is 0 Å². The average Bonchev–Trinajstić information content (AvgIpc) is 2.01. The summed E-state index contributed by atoms with van der Waals surface area (Å²) in [5.41, 5.74) is 8.00. The normalized spacial score (nSPS) is 11.7. The van der Waals surface area contributed by atoms with Crippen molar-refractivity contribution in [2.45, 2.75) is 26.2 Å². The molecule has 3 heteroatoms. The summed E-state index contributed by atoms with van der Waals surface area (Å²) in [6.07, 6.45) is 5.10. The molecule has 0 bridgehead atoms. The summed E-state index contributed by atoms with van der Waals surface area (Å²) in [6, 6.07) is 0. The smallest absolute Gasteiger partial charge is 0.0260 e. The van der Waals surface area contributed by atoms with Gasteiger partial charge < -0.3 is 0 Å². The van der Waals surface area contributed by atoms with Crippen molar-refractivity contribution in [3.05, 3.63) is 23.1 Å². The Bertz CT molecular complexity index is 147. The summed E-state index contributed by atoms with van der Waals surface area (Å²) in [4.78, 5) is 2.69. The second-order valence-corrected chi connectivity index (χ2v) is 2.71. The summed E-state index contributed by atoms with van der Waals surface area (Å²) in [7, 11) is 0. The van der Waals surface area contributed by atoms with E-state index in [-0.39, 0.29) is 0 Å². The summed E-state index contributed by atoms with van der Waals surface area (Å²) in [6.45, 7) is 6.43. The van der Waals surface area contributed by atoms with E-state index < -0.39 is 0 Å². The standard InChI is InChI=1S/C8H15N3/c1-3-4-5-8(2)6-7-10-11-9/h3,8H,1,4-7H2,2H3. The zero-order valence-electron chi connectivity index (χ0n) is 7.03. The maximum atomic E-state index is 8.00. The highest BCUT2D eigenvalue weighted by atomic mass is 15.1. The number of hydrogen-bond acceptors (Lipinski definition) is 1. The molecular weight excluding hydrogens is 138 g/mol. The van der Waals surface area contributed by atoms with Crippen LogP contribution in [0, 0.1) is 5.92 Å². The molecule has 11 heavy (non-hydrogen) atoms. The Balaban J connectivity index is 3.28. The predicted octanol–water partition coefficient (Wildman–Crippen LogP) is 3.29. The van der Waals surface area contributed by atoms with Crippen LogP contribution >= 0.6 is 0 Å². The van der Waals surface area contributed by atoms with Crippen LogP contribution < -0.4 is 0 Å².